The minimum atomic E-state index is -3.57. The number of hydrogen-bond acceptors (Lipinski definition) is 3. The van der Waals surface area contributed by atoms with E-state index in [1.165, 1.54) is 15.4 Å². The molecule has 0 saturated carbocycles. The molecule has 1 aliphatic rings. The van der Waals surface area contributed by atoms with Crippen molar-refractivity contribution in [3.63, 3.8) is 0 Å². The third-order valence-electron chi connectivity index (χ3n) is 5.26. The average Bonchev–Trinajstić information content (AvgIpc) is 2.64. The summed E-state index contributed by atoms with van der Waals surface area (Å²) in [5.41, 5.74) is 3.81. The molecule has 144 valence electrons. The lowest BCUT2D eigenvalue weighted by Gasteiger charge is -2.35. The highest BCUT2D eigenvalue weighted by molar-refractivity contribution is 7.92. The zero-order chi connectivity index (χ0) is 19.6. The number of likely N-dealkylation sites (N-methyl/N-ethyl adjacent to an activating group) is 1. The number of nitrogens with zero attached hydrogens (tertiary/aromatic N) is 2. The fraction of sp³-hybridized carbons (Fsp3) is 0.381. The molecule has 1 amide bonds. The molecule has 0 heterocycles. The van der Waals surface area contributed by atoms with Gasteiger partial charge in [-0.15, -0.1) is 0 Å². The van der Waals surface area contributed by atoms with E-state index in [1.54, 1.807) is 24.1 Å². The second-order valence-electron chi connectivity index (χ2n) is 7.17. The van der Waals surface area contributed by atoms with E-state index in [1.807, 2.05) is 31.2 Å². The van der Waals surface area contributed by atoms with E-state index in [2.05, 4.69) is 12.1 Å². The van der Waals surface area contributed by atoms with Crippen LogP contribution in [0.1, 0.15) is 35.6 Å². The minimum Gasteiger partial charge on any atom is -0.337 e. The molecule has 0 radical (unpaired) electrons. The van der Waals surface area contributed by atoms with Crippen molar-refractivity contribution >= 4 is 21.6 Å². The lowest BCUT2D eigenvalue weighted by molar-refractivity contribution is -0.130. The Morgan fingerprint density at radius 3 is 2.48 bits per heavy atom. The van der Waals surface area contributed by atoms with Crippen LogP contribution in [0.5, 0.6) is 0 Å². The van der Waals surface area contributed by atoms with Gasteiger partial charge < -0.3 is 4.90 Å². The summed E-state index contributed by atoms with van der Waals surface area (Å²) in [4.78, 5) is 14.7. The van der Waals surface area contributed by atoms with Crippen LogP contribution in [-0.4, -0.2) is 39.1 Å². The van der Waals surface area contributed by atoms with Gasteiger partial charge in [-0.2, -0.15) is 0 Å². The second-order valence-corrected chi connectivity index (χ2v) is 9.07. The van der Waals surface area contributed by atoms with Gasteiger partial charge in [-0.05, 0) is 48.9 Å². The van der Waals surface area contributed by atoms with Gasteiger partial charge in [0, 0.05) is 7.05 Å². The smallest absolute Gasteiger partial charge is 0.243 e. The van der Waals surface area contributed by atoms with E-state index in [0.717, 1.165) is 31.1 Å². The SMILES string of the molecule is Cc1ccccc1N(CC(=O)N(C)[C@H]1CCCc2ccccc21)S(C)(=O)=O. The van der Waals surface area contributed by atoms with Crippen molar-refractivity contribution in [2.24, 2.45) is 0 Å². The highest BCUT2D eigenvalue weighted by Crippen LogP contribution is 2.33. The Hall–Kier alpha value is -2.34. The Labute approximate surface area is 161 Å². The molecule has 0 aromatic heterocycles. The first-order valence-corrected chi connectivity index (χ1v) is 11.0. The van der Waals surface area contributed by atoms with E-state index >= 15 is 0 Å². The summed E-state index contributed by atoms with van der Waals surface area (Å²) < 4.78 is 25.9. The van der Waals surface area contributed by atoms with Gasteiger partial charge in [0.15, 0.2) is 0 Å². The highest BCUT2D eigenvalue weighted by Gasteiger charge is 2.29. The first-order valence-electron chi connectivity index (χ1n) is 9.16. The van der Waals surface area contributed by atoms with Crippen LogP contribution in [0.15, 0.2) is 48.5 Å². The van der Waals surface area contributed by atoms with Gasteiger partial charge in [0.2, 0.25) is 15.9 Å². The number of sulfonamides is 1. The summed E-state index contributed by atoms with van der Waals surface area (Å²) in [6, 6.07) is 15.4. The van der Waals surface area contributed by atoms with Crippen LogP contribution in [0.25, 0.3) is 0 Å². The van der Waals surface area contributed by atoms with Crippen molar-refractivity contribution in [2.45, 2.75) is 32.2 Å². The molecule has 0 spiro atoms. The molecule has 3 rings (SSSR count). The molecule has 5 nitrogen and oxygen atoms in total. The molecular formula is C21H26N2O3S. The topological polar surface area (TPSA) is 57.7 Å². The van der Waals surface area contributed by atoms with E-state index in [0.29, 0.717) is 5.69 Å². The monoisotopic (exact) mass is 386 g/mol. The average molecular weight is 387 g/mol. The fourth-order valence-electron chi connectivity index (χ4n) is 3.76. The molecule has 0 aliphatic heterocycles. The quantitative estimate of drug-likeness (QED) is 0.792. The Kier molecular flexibility index (Phi) is 5.56. The summed E-state index contributed by atoms with van der Waals surface area (Å²) in [5.74, 6) is -0.203. The normalized spacial score (nSPS) is 16.5. The maximum atomic E-state index is 13.0. The summed E-state index contributed by atoms with van der Waals surface area (Å²) in [5, 5.41) is 0. The predicted octanol–water partition coefficient (Wildman–Crippen LogP) is 3.30. The van der Waals surface area contributed by atoms with Gasteiger partial charge in [0.05, 0.1) is 18.0 Å². The number of rotatable bonds is 5. The summed E-state index contributed by atoms with van der Waals surface area (Å²) >= 11 is 0. The molecule has 0 N–H and O–H groups in total. The van der Waals surface area contributed by atoms with E-state index in [-0.39, 0.29) is 18.5 Å². The Morgan fingerprint density at radius 1 is 1.11 bits per heavy atom. The number of carbonyl (C=O) groups excluding carboxylic acids is 1. The summed E-state index contributed by atoms with van der Waals surface area (Å²) in [6.45, 7) is 1.65. The third-order valence-corrected chi connectivity index (χ3v) is 6.39. The van der Waals surface area contributed by atoms with Crippen molar-refractivity contribution in [1.82, 2.24) is 4.90 Å². The highest BCUT2D eigenvalue weighted by atomic mass is 32.2. The van der Waals surface area contributed by atoms with Crippen LogP contribution in [-0.2, 0) is 21.2 Å². The van der Waals surface area contributed by atoms with Crippen molar-refractivity contribution in [1.29, 1.82) is 0 Å². The lowest BCUT2D eigenvalue weighted by Crippen LogP contribution is -2.43. The molecule has 1 atom stereocenters. The standard InChI is InChI=1S/C21H26N2O3S/c1-16-9-4-7-13-19(16)23(27(3,25)26)15-21(24)22(2)20-14-8-11-17-10-5-6-12-18(17)20/h4-7,9-10,12-13,20H,8,11,14-15H2,1-3H3/t20-/m0/s1. The summed E-state index contributed by atoms with van der Waals surface area (Å²) in [7, 11) is -1.80. The number of para-hydroxylation sites is 1. The van der Waals surface area contributed by atoms with Gasteiger partial charge in [-0.1, -0.05) is 42.5 Å². The Balaban J connectivity index is 1.86. The molecular weight excluding hydrogens is 360 g/mol. The zero-order valence-electron chi connectivity index (χ0n) is 16.1. The van der Waals surface area contributed by atoms with Crippen LogP contribution >= 0.6 is 0 Å². The molecule has 0 saturated heterocycles. The lowest BCUT2D eigenvalue weighted by atomic mass is 9.87. The molecule has 0 bridgehead atoms. The van der Waals surface area contributed by atoms with E-state index < -0.39 is 10.0 Å². The molecule has 2 aromatic carbocycles. The largest absolute Gasteiger partial charge is 0.337 e. The summed E-state index contributed by atoms with van der Waals surface area (Å²) in [6.07, 6.45) is 4.07. The van der Waals surface area contributed by atoms with Crippen molar-refractivity contribution in [3.8, 4) is 0 Å². The predicted molar refractivity (Wildman–Crippen MR) is 108 cm³/mol. The van der Waals surface area contributed by atoms with Crippen LogP contribution in [0.4, 0.5) is 5.69 Å². The number of hydrogen-bond donors (Lipinski definition) is 0. The van der Waals surface area contributed by atoms with Crippen LogP contribution in [0.3, 0.4) is 0 Å². The maximum Gasteiger partial charge on any atom is 0.243 e. The van der Waals surface area contributed by atoms with Crippen molar-refractivity contribution < 1.29 is 13.2 Å². The number of amides is 1. The van der Waals surface area contributed by atoms with Crippen LogP contribution in [0.2, 0.25) is 0 Å². The molecule has 1 aliphatic carbocycles. The molecule has 0 fully saturated rings. The Bertz CT molecular complexity index is 940. The number of fused-ring (bicyclic) bond motifs is 1. The maximum absolute atomic E-state index is 13.0. The minimum absolute atomic E-state index is 0.0132. The Morgan fingerprint density at radius 2 is 1.78 bits per heavy atom. The number of benzene rings is 2. The zero-order valence-corrected chi connectivity index (χ0v) is 16.9. The van der Waals surface area contributed by atoms with Gasteiger partial charge in [0.25, 0.3) is 0 Å². The molecule has 2 aromatic rings. The van der Waals surface area contributed by atoms with Crippen LogP contribution < -0.4 is 4.31 Å². The molecule has 6 heteroatoms. The van der Waals surface area contributed by atoms with Crippen LogP contribution in [0, 0.1) is 6.92 Å². The van der Waals surface area contributed by atoms with Crippen molar-refractivity contribution in [2.75, 3.05) is 24.2 Å². The first kappa shape index (κ1) is 19.4. The van der Waals surface area contributed by atoms with Gasteiger partial charge in [-0.25, -0.2) is 8.42 Å². The second kappa shape index (κ2) is 7.72. The molecule has 27 heavy (non-hydrogen) atoms. The van der Waals surface area contributed by atoms with Gasteiger partial charge in [-0.3, -0.25) is 9.10 Å². The first-order chi connectivity index (χ1) is 12.8. The van der Waals surface area contributed by atoms with Gasteiger partial charge >= 0.3 is 0 Å². The third kappa shape index (κ3) is 4.16. The number of anilines is 1. The fourth-order valence-corrected chi connectivity index (χ4v) is 4.67. The molecule has 0 unspecified atom stereocenters. The number of aryl methyl sites for hydroxylation is 2. The van der Waals surface area contributed by atoms with Crippen molar-refractivity contribution in [3.05, 3.63) is 65.2 Å². The van der Waals surface area contributed by atoms with E-state index in [9.17, 15) is 13.2 Å². The number of carbonyl (C=O) groups is 1. The van der Waals surface area contributed by atoms with E-state index in [4.69, 9.17) is 0 Å². The van der Waals surface area contributed by atoms with Gasteiger partial charge in [0.1, 0.15) is 6.54 Å².